The first-order valence-corrected chi connectivity index (χ1v) is 9.62. The largest absolute Gasteiger partial charge is 0.392 e. The van der Waals surface area contributed by atoms with Crippen molar-refractivity contribution in [1.82, 2.24) is 0 Å². The lowest BCUT2D eigenvalue weighted by molar-refractivity contribution is -0.134. The van der Waals surface area contributed by atoms with Gasteiger partial charge in [0.2, 0.25) is 0 Å². The van der Waals surface area contributed by atoms with E-state index in [2.05, 4.69) is 19.0 Å². The molecule has 0 bridgehead atoms. The summed E-state index contributed by atoms with van der Waals surface area (Å²) in [5, 5.41) is 4.46. The quantitative estimate of drug-likeness (QED) is 0.268. The van der Waals surface area contributed by atoms with Gasteiger partial charge < -0.3 is 4.84 Å². The number of carbonyl (C=O) groups excluding carboxylic acids is 2. The van der Waals surface area contributed by atoms with Gasteiger partial charge in [0.1, 0.15) is 24.1 Å². The summed E-state index contributed by atoms with van der Waals surface area (Å²) >= 11 is 7.28. The molecule has 0 aliphatic heterocycles. The van der Waals surface area contributed by atoms with Gasteiger partial charge in [-0.2, -0.15) is 11.8 Å². The van der Waals surface area contributed by atoms with Crippen molar-refractivity contribution in [2.45, 2.75) is 51.7 Å². The smallest absolute Gasteiger partial charge is 0.149 e. The van der Waals surface area contributed by atoms with Crippen molar-refractivity contribution in [3.05, 3.63) is 11.6 Å². The Morgan fingerprint density at radius 2 is 2.04 bits per heavy atom. The maximum absolute atomic E-state index is 12.4. The topological polar surface area (TPSA) is 55.7 Å². The second-order valence-corrected chi connectivity index (χ2v) is 7.70. The number of hydrogen-bond acceptors (Lipinski definition) is 5. The Bertz CT molecular complexity index is 447. The lowest BCUT2D eigenvalue weighted by Crippen LogP contribution is -2.39. The second-order valence-electron chi connectivity index (χ2n) is 5.74. The molecule has 0 N–H and O–H groups in total. The van der Waals surface area contributed by atoms with Crippen LogP contribution in [-0.2, 0) is 14.4 Å². The zero-order valence-electron chi connectivity index (χ0n) is 14.1. The predicted octanol–water partition coefficient (Wildman–Crippen LogP) is 4.22. The summed E-state index contributed by atoms with van der Waals surface area (Å²) in [5.41, 5.74) is 1.87. The summed E-state index contributed by atoms with van der Waals surface area (Å²) in [6.45, 7) is 6.40. The van der Waals surface area contributed by atoms with Crippen LogP contribution in [0, 0.1) is 11.8 Å². The highest BCUT2D eigenvalue weighted by Gasteiger charge is 2.38. The van der Waals surface area contributed by atoms with Crippen molar-refractivity contribution in [2.24, 2.45) is 17.0 Å². The molecule has 4 nitrogen and oxygen atoms in total. The number of halogens is 1. The highest BCUT2D eigenvalue weighted by Crippen LogP contribution is 2.31. The van der Waals surface area contributed by atoms with Gasteiger partial charge in [-0.1, -0.05) is 37.5 Å². The normalized spacial score (nSPS) is 24.3. The summed E-state index contributed by atoms with van der Waals surface area (Å²) in [7, 11) is 0. The number of carbonyl (C=O) groups is 2. The molecule has 1 fully saturated rings. The molecule has 0 spiro atoms. The Labute approximate surface area is 148 Å². The van der Waals surface area contributed by atoms with Crippen molar-refractivity contribution in [3.63, 3.8) is 0 Å². The number of rotatable bonds is 9. The first kappa shape index (κ1) is 20.2. The van der Waals surface area contributed by atoms with Gasteiger partial charge in [-0.05, 0) is 30.6 Å². The van der Waals surface area contributed by atoms with E-state index in [1.165, 1.54) is 5.54 Å². The molecule has 1 saturated carbocycles. The van der Waals surface area contributed by atoms with Crippen molar-refractivity contribution in [3.8, 4) is 0 Å². The molecule has 0 amide bonds. The Hall–Kier alpha value is -0.810. The molecule has 1 unspecified atom stereocenters. The number of hydrogen-bond donors (Lipinski definition) is 0. The lowest BCUT2D eigenvalue weighted by atomic mass is 9.76. The molecule has 23 heavy (non-hydrogen) atoms. The Morgan fingerprint density at radius 1 is 1.39 bits per heavy atom. The van der Waals surface area contributed by atoms with Crippen molar-refractivity contribution < 1.29 is 14.4 Å². The van der Waals surface area contributed by atoms with E-state index in [0.29, 0.717) is 30.2 Å². The first-order valence-electron chi connectivity index (χ1n) is 8.14. The molecular weight excluding hydrogens is 334 g/mol. The van der Waals surface area contributed by atoms with Gasteiger partial charge in [-0.3, -0.25) is 9.59 Å². The van der Waals surface area contributed by atoms with Crippen LogP contribution in [0.5, 0.6) is 0 Å². The fourth-order valence-electron chi connectivity index (χ4n) is 2.94. The Morgan fingerprint density at radius 3 is 2.57 bits per heavy atom. The first-order chi connectivity index (χ1) is 11.0. The molecule has 1 atom stereocenters. The van der Waals surface area contributed by atoms with Crippen LogP contribution in [0.1, 0.15) is 46.5 Å². The molecular formula is C17H26ClNO3S. The van der Waals surface area contributed by atoms with E-state index < -0.39 is 5.92 Å². The van der Waals surface area contributed by atoms with Gasteiger partial charge in [0.05, 0.1) is 5.71 Å². The number of oxime groups is 1. The highest BCUT2D eigenvalue weighted by molar-refractivity contribution is 7.99. The summed E-state index contributed by atoms with van der Waals surface area (Å²) < 4.78 is 0. The van der Waals surface area contributed by atoms with Crippen LogP contribution < -0.4 is 0 Å². The SMILES string of the molecule is CCSC(C)CC1CC(=O)C(/C(CC)=N/OC/C=C/Cl)C(=O)C1. The minimum atomic E-state index is -0.717. The number of nitrogens with zero attached hydrogens (tertiary/aromatic N) is 1. The molecule has 0 saturated heterocycles. The second kappa shape index (κ2) is 10.9. The van der Waals surface area contributed by atoms with Gasteiger partial charge in [0, 0.05) is 23.6 Å². The predicted molar refractivity (Wildman–Crippen MR) is 97.1 cm³/mol. The summed E-state index contributed by atoms with van der Waals surface area (Å²) in [6, 6.07) is 0. The average Bonchev–Trinajstić information content (AvgIpc) is 2.49. The van der Waals surface area contributed by atoms with Crippen LogP contribution in [-0.4, -0.2) is 34.9 Å². The average molecular weight is 360 g/mol. The van der Waals surface area contributed by atoms with E-state index in [4.69, 9.17) is 16.4 Å². The Kier molecular flexibility index (Phi) is 9.56. The highest BCUT2D eigenvalue weighted by atomic mass is 35.5. The molecule has 0 aromatic rings. The van der Waals surface area contributed by atoms with Crippen molar-refractivity contribution in [2.75, 3.05) is 12.4 Å². The van der Waals surface area contributed by atoms with Gasteiger partial charge in [-0.25, -0.2) is 0 Å². The molecule has 0 aromatic heterocycles. The van der Waals surface area contributed by atoms with E-state index in [1.807, 2.05) is 18.7 Å². The molecule has 130 valence electrons. The van der Waals surface area contributed by atoms with Crippen LogP contribution in [0.25, 0.3) is 0 Å². The van der Waals surface area contributed by atoms with Crippen LogP contribution in [0.15, 0.2) is 16.8 Å². The Balaban J connectivity index is 2.68. The maximum Gasteiger partial charge on any atom is 0.149 e. The standard InChI is InChI=1S/C17H26ClNO3S/c1-4-14(19-22-8-6-7-18)17-15(20)10-13(11-16(17)21)9-12(3)23-5-2/h6-7,12-13,17H,4-5,8-11H2,1-3H3/b7-6+,19-14+. The number of Topliss-reactive ketones (excluding diaryl/α,β-unsaturated/α-hetero) is 2. The minimum Gasteiger partial charge on any atom is -0.392 e. The lowest BCUT2D eigenvalue weighted by Gasteiger charge is -2.28. The summed E-state index contributed by atoms with van der Waals surface area (Å²) in [4.78, 5) is 30.0. The third-order valence-corrected chi connectivity index (χ3v) is 5.15. The van der Waals surface area contributed by atoms with Crippen molar-refractivity contribution in [1.29, 1.82) is 0 Å². The number of ketones is 2. The van der Waals surface area contributed by atoms with Crippen LogP contribution in [0.4, 0.5) is 0 Å². The number of thioether (sulfide) groups is 1. The van der Waals surface area contributed by atoms with Crippen LogP contribution in [0.3, 0.4) is 0 Å². The van der Waals surface area contributed by atoms with E-state index >= 15 is 0 Å². The molecule has 1 aliphatic carbocycles. The molecule has 0 aromatic carbocycles. The fourth-order valence-corrected chi connectivity index (χ4v) is 3.99. The van der Waals surface area contributed by atoms with Crippen LogP contribution in [0.2, 0.25) is 0 Å². The minimum absolute atomic E-state index is 0.0166. The van der Waals surface area contributed by atoms with Gasteiger partial charge in [0.15, 0.2) is 0 Å². The molecule has 6 heteroatoms. The van der Waals surface area contributed by atoms with E-state index in [9.17, 15) is 9.59 Å². The van der Waals surface area contributed by atoms with Gasteiger partial charge >= 0.3 is 0 Å². The third kappa shape index (κ3) is 6.68. The maximum atomic E-state index is 12.4. The van der Waals surface area contributed by atoms with Crippen LogP contribution >= 0.6 is 23.4 Å². The van der Waals surface area contributed by atoms with Crippen molar-refractivity contribution >= 4 is 40.6 Å². The summed E-state index contributed by atoms with van der Waals surface area (Å²) in [5.74, 6) is 0.469. The van der Waals surface area contributed by atoms with Gasteiger partial charge in [-0.15, -0.1) is 0 Å². The van der Waals surface area contributed by atoms with E-state index in [1.54, 1.807) is 6.08 Å². The van der Waals surface area contributed by atoms with E-state index in [0.717, 1.165) is 12.2 Å². The fraction of sp³-hybridized carbons (Fsp3) is 0.706. The molecule has 0 radical (unpaired) electrons. The summed E-state index contributed by atoms with van der Waals surface area (Å²) in [6.07, 6.45) is 3.97. The van der Waals surface area contributed by atoms with E-state index in [-0.39, 0.29) is 24.1 Å². The zero-order chi connectivity index (χ0) is 17.2. The molecule has 0 heterocycles. The third-order valence-electron chi connectivity index (χ3n) is 3.88. The molecule has 1 rings (SSSR count). The van der Waals surface area contributed by atoms with Gasteiger partial charge in [0.25, 0.3) is 0 Å². The molecule has 1 aliphatic rings. The zero-order valence-corrected chi connectivity index (χ0v) is 15.7. The monoisotopic (exact) mass is 359 g/mol.